The Kier molecular flexibility index (Phi) is 7.87. The smallest absolute Gasteiger partial charge is 0.325 e. The normalized spacial score (nSPS) is 15.6. The third-order valence-electron chi connectivity index (χ3n) is 3.48. The van der Waals surface area contributed by atoms with Crippen molar-refractivity contribution in [3.8, 4) is 0 Å². The van der Waals surface area contributed by atoms with Crippen molar-refractivity contribution < 1.29 is 19.1 Å². The van der Waals surface area contributed by atoms with E-state index >= 15 is 0 Å². The summed E-state index contributed by atoms with van der Waals surface area (Å²) in [5.74, 6) is -1.09. The van der Waals surface area contributed by atoms with Crippen molar-refractivity contribution in [3.05, 3.63) is 29.8 Å². The number of anilines is 1. The molecule has 0 amide bonds. The Hall–Kier alpha value is -1.60. The molecular weight excluding hydrogens is 412 g/mol. The van der Waals surface area contributed by atoms with Gasteiger partial charge in [-0.15, -0.1) is 0 Å². The Morgan fingerprint density at radius 3 is 1.96 bits per heavy atom. The number of ether oxygens (including phenoxy) is 2. The number of benzene rings is 1. The Labute approximate surface area is 170 Å². The van der Waals surface area contributed by atoms with Crippen LogP contribution in [0.15, 0.2) is 24.3 Å². The van der Waals surface area contributed by atoms with Crippen LogP contribution >= 0.6 is 15.9 Å². The molecule has 0 aliphatic rings. The molecular formula is C20H31BrN2O4. The zero-order valence-electron chi connectivity index (χ0n) is 17.1. The van der Waals surface area contributed by atoms with E-state index in [1.54, 1.807) is 47.6 Å². The number of nitrogens with two attached hydrogens (primary N) is 1. The lowest BCUT2D eigenvalue weighted by Gasteiger charge is -2.30. The largest absolute Gasteiger partial charge is 0.459 e. The average Bonchev–Trinajstić information content (AvgIpc) is 2.48. The number of nitrogen functional groups attached to an aromatic ring is 1. The van der Waals surface area contributed by atoms with Crippen LogP contribution in [-0.2, 0) is 19.1 Å². The Balaban J connectivity index is 3.08. The van der Waals surface area contributed by atoms with Gasteiger partial charge >= 0.3 is 11.9 Å². The summed E-state index contributed by atoms with van der Waals surface area (Å²) in [6.07, 6.45) is 0. The van der Waals surface area contributed by atoms with E-state index in [-0.39, 0.29) is 6.04 Å². The first-order chi connectivity index (χ1) is 12.2. The van der Waals surface area contributed by atoms with E-state index in [1.807, 2.05) is 25.1 Å². The van der Waals surface area contributed by atoms with Crippen molar-refractivity contribution in [2.24, 2.45) is 0 Å². The quantitative estimate of drug-likeness (QED) is 0.396. The molecule has 0 saturated heterocycles. The van der Waals surface area contributed by atoms with Crippen molar-refractivity contribution in [3.63, 3.8) is 0 Å². The van der Waals surface area contributed by atoms with Crippen LogP contribution in [0.3, 0.4) is 0 Å². The molecule has 0 fully saturated rings. The number of alkyl halides is 1. The van der Waals surface area contributed by atoms with Crippen molar-refractivity contribution in [1.29, 1.82) is 0 Å². The lowest BCUT2D eigenvalue weighted by Crippen LogP contribution is -2.51. The minimum atomic E-state index is -0.950. The van der Waals surface area contributed by atoms with Crippen LogP contribution in [0.2, 0.25) is 0 Å². The number of rotatable bonds is 6. The molecule has 0 aromatic heterocycles. The zero-order valence-corrected chi connectivity index (χ0v) is 18.7. The zero-order chi connectivity index (χ0) is 21.0. The van der Waals surface area contributed by atoms with Gasteiger partial charge in [-0.3, -0.25) is 14.9 Å². The van der Waals surface area contributed by atoms with Crippen molar-refractivity contribution in [2.75, 3.05) is 5.73 Å². The van der Waals surface area contributed by atoms with E-state index in [0.29, 0.717) is 5.69 Å². The first-order valence-corrected chi connectivity index (χ1v) is 9.83. The van der Waals surface area contributed by atoms with Gasteiger partial charge in [-0.2, -0.15) is 0 Å². The molecule has 152 valence electrons. The maximum absolute atomic E-state index is 12.8. The van der Waals surface area contributed by atoms with Gasteiger partial charge in [-0.05, 0) is 60.1 Å². The maximum atomic E-state index is 12.8. The third kappa shape index (κ3) is 7.89. The highest BCUT2D eigenvalue weighted by Gasteiger charge is 2.38. The molecule has 0 aliphatic carbocycles. The molecule has 1 aromatic carbocycles. The Morgan fingerprint density at radius 1 is 1.00 bits per heavy atom. The van der Waals surface area contributed by atoms with Gasteiger partial charge in [0.05, 0.1) is 0 Å². The summed E-state index contributed by atoms with van der Waals surface area (Å²) in [5.41, 5.74) is 6.11. The second-order valence-electron chi connectivity index (χ2n) is 8.46. The predicted molar refractivity (Wildman–Crippen MR) is 111 cm³/mol. The van der Waals surface area contributed by atoms with Crippen LogP contribution in [0.4, 0.5) is 5.69 Å². The summed E-state index contributed by atoms with van der Waals surface area (Å²) in [6.45, 7) is 12.5. The van der Waals surface area contributed by atoms with Crippen LogP contribution < -0.4 is 11.1 Å². The fraction of sp³-hybridized carbons (Fsp3) is 0.600. The van der Waals surface area contributed by atoms with E-state index in [2.05, 4.69) is 21.2 Å². The van der Waals surface area contributed by atoms with Crippen LogP contribution in [0.1, 0.15) is 60.1 Å². The molecule has 1 aromatic rings. The number of esters is 2. The highest BCUT2D eigenvalue weighted by atomic mass is 79.9. The van der Waals surface area contributed by atoms with Gasteiger partial charge in [-0.25, -0.2) is 0 Å². The first kappa shape index (κ1) is 23.4. The number of para-hydroxylation sites is 1. The van der Waals surface area contributed by atoms with E-state index in [4.69, 9.17) is 15.2 Å². The van der Waals surface area contributed by atoms with Crippen LogP contribution in [0.25, 0.3) is 0 Å². The van der Waals surface area contributed by atoms with Crippen molar-refractivity contribution >= 4 is 33.6 Å². The van der Waals surface area contributed by atoms with Gasteiger partial charge in [0, 0.05) is 11.7 Å². The fourth-order valence-electron chi connectivity index (χ4n) is 2.40. The molecule has 0 spiro atoms. The molecule has 6 nitrogen and oxygen atoms in total. The number of carbonyl (C=O) groups is 2. The molecule has 3 N–H and O–H groups in total. The number of carbonyl (C=O) groups excluding carboxylic acids is 2. The van der Waals surface area contributed by atoms with Crippen molar-refractivity contribution in [2.45, 2.75) is 76.6 Å². The SMILES string of the molecule is CC(NC(C(=O)OC(C)(C)C)C(Br)C(=O)OC(C)(C)C)c1ccccc1N. The number of halogens is 1. The fourth-order valence-corrected chi connectivity index (χ4v) is 2.86. The molecule has 0 saturated carbocycles. The predicted octanol–water partition coefficient (Wildman–Crippen LogP) is 3.73. The summed E-state index contributed by atoms with van der Waals surface area (Å²) in [7, 11) is 0. The molecule has 0 heterocycles. The minimum Gasteiger partial charge on any atom is -0.459 e. The summed E-state index contributed by atoms with van der Waals surface area (Å²) >= 11 is 3.32. The van der Waals surface area contributed by atoms with Gasteiger partial charge in [-0.1, -0.05) is 34.1 Å². The molecule has 3 unspecified atom stereocenters. The van der Waals surface area contributed by atoms with E-state index in [0.717, 1.165) is 5.56 Å². The Morgan fingerprint density at radius 2 is 1.48 bits per heavy atom. The molecule has 0 bridgehead atoms. The second-order valence-corrected chi connectivity index (χ2v) is 9.45. The molecule has 7 heteroatoms. The minimum absolute atomic E-state index is 0.286. The van der Waals surface area contributed by atoms with Gasteiger partial charge in [0.2, 0.25) is 0 Å². The summed E-state index contributed by atoms with van der Waals surface area (Å²) < 4.78 is 10.9. The summed E-state index contributed by atoms with van der Waals surface area (Å²) in [6, 6.07) is 6.13. The third-order valence-corrected chi connectivity index (χ3v) is 4.38. The maximum Gasteiger partial charge on any atom is 0.325 e. The molecule has 27 heavy (non-hydrogen) atoms. The first-order valence-electron chi connectivity index (χ1n) is 8.91. The van der Waals surface area contributed by atoms with Gasteiger partial charge < -0.3 is 15.2 Å². The molecule has 0 radical (unpaired) electrons. The summed E-state index contributed by atoms with van der Waals surface area (Å²) in [5, 5.41) is 3.16. The number of hydrogen-bond donors (Lipinski definition) is 2. The monoisotopic (exact) mass is 442 g/mol. The second kappa shape index (κ2) is 9.06. The van der Waals surface area contributed by atoms with Gasteiger partial charge in [0.1, 0.15) is 22.1 Å². The lowest BCUT2D eigenvalue weighted by molar-refractivity contribution is -0.164. The standard InChI is InChI=1S/C20H31BrN2O4/c1-12(13-10-8-9-11-14(13)22)23-16(18(25)27-20(5,6)7)15(21)17(24)26-19(2,3)4/h8-12,15-16,23H,22H2,1-7H3. The molecule has 3 atom stereocenters. The van der Waals surface area contributed by atoms with E-state index in [9.17, 15) is 9.59 Å². The van der Waals surface area contributed by atoms with E-state index in [1.165, 1.54) is 0 Å². The molecule has 0 aliphatic heterocycles. The average molecular weight is 443 g/mol. The van der Waals surface area contributed by atoms with Crippen LogP contribution in [0.5, 0.6) is 0 Å². The number of hydrogen-bond acceptors (Lipinski definition) is 6. The Bertz CT molecular complexity index is 665. The summed E-state index contributed by atoms with van der Waals surface area (Å²) in [4.78, 5) is 24.4. The number of nitrogens with one attached hydrogen (secondary N) is 1. The highest BCUT2D eigenvalue weighted by Crippen LogP contribution is 2.24. The highest BCUT2D eigenvalue weighted by molar-refractivity contribution is 9.10. The van der Waals surface area contributed by atoms with Crippen LogP contribution in [-0.4, -0.2) is 34.0 Å². The van der Waals surface area contributed by atoms with E-state index < -0.39 is 34.0 Å². The van der Waals surface area contributed by atoms with Crippen molar-refractivity contribution in [1.82, 2.24) is 5.32 Å². The van der Waals surface area contributed by atoms with Gasteiger partial charge in [0.15, 0.2) is 0 Å². The topological polar surface area (TPSA) is 90.6 Å². The van der Waals surface area contributed by atoms with Crippen LogP contribution in [0, 0.1) is 0 Å². The van der Waals surface area contributed by atoms with Gasteiger partial charge in [0.25, 0.3) is 0 Å². The lowest BCUT2D eigenvalue weighted by atomic mass is 10.0. The molecule has 1 rings (SSSR count).